The molecule has 0 radical (unpaired) electrons. The fourth-order valence-electron chi connectivity index (χ4n) is 1.97. The number of imide groups is 1. The molecule has 0 saturated heterocycles. The first-order chi connectivity index (χ1) is 8.13. The van der Waals surface area contributed by atoms with Crippen LogP contribution in [0.2, 0.25) is 0 Å². The van der Waals surface area contributed by atoms with E-state index in [1.54, 1.807) is 0 Å². The molecule has 2 heterocycles. The van der Waals surface area contributed by atoms with E-state index >= 15 is 0 Å². The molecular formula is C10H11N5O2. The Labute approximate surface area is 96.8 Å². The van der Waals surface area contributed by atoms with Gasteiger partial charge in [-0.15, -0.1) is 0 Å². The summed E-state index contributed by atoms with van der Waals surface area (Å²) >= 11 is 0. The number of hydrogen-bond acceptors (Lipinski definition) is 6. The largest absolute Gasteiger partial charge is 0.383 e. The van der Waals surface area contributed by atoms with Gasteiger partial charge in [0.25, 0.3) is 11.8 Å². The number of carbonyl (C=O) groups is 2. The van der Waals surface area contributed by atoms with Crippen molar-refractivity contribution in [3.8, 4) is 0 Å². The van der Waals surface area contributed by atoms with Gasteiger partial charge in [0.05, 0.1) is 6.54 Å². The lowest BCUT2D eigenvalue weighted by atomic mass is 10.2. The van der Waals surface area contributed by atoms with Crippen LogP contribution in [0.4, 0.5) is 5.82 Å². The van der Waals surface area contributed by atoms with E-state index in [2.05, 4.69) is 9.97 Å². The number of anilines is 1. The number of fused-ring (bicyclic) bond motifs is 1. The summed E-state index contributed by atoms with van der Waals surface area (Å²) in [5, 5.41) is 0. The summed E-state index contributed by atoms with van der Waals surface area (Å²) in [5.74, 6) is -0.443. The van der Waals surface area contributed by atoms with Crippen molar-refractivity contribution in [1.29, 1.82) is 0 Å². The molecule has 0 unspecified atom stereocenters. The molecule has 0 spiro atoms. The normalized spacial score (nSPS) is 18.8. The Hall–Kier alpha value is -2.02. The van der Waals surface area contributed by atoms with E-state index in [4.69, 9.17) is 11.5 Å². The Morgan fingerprint density at radius 2 is 1.94 bits per heavy atom. The molecule has 0 aromatic carbocycles. The van der Waals surface area contributed by atoms with Crippen LogP contribution in [-0.2, 0) is 6.54 Å². The zero-order chi connectivity index (χ0) is 12.2. The number of aromatic nitrogens is 2. The highest BCUT2D eigenvalue weighted by Crippen LogP contribution is 2.35. The predicted octanol–water partition coefficient (Wildman–Crippen LogP) is -0.724. The van der Waals surface area contributed by atoms with E-state index in [0.717, 1.165) is 12.8 Å². The SMILES string of the molecule is NCc1nc(N)c2c(n1)C(=O)N(C1CC1)C2=O. The fraction of sp³-hybridized carbons (Fsp3) is 0.400. The van der Waals surface area contributed by atoms with E-state index in [1.807, 2.05) is 0 Å². The van der Waals surface area contributed by atoms with Crippen molar-refractivity contribution in [3.63, 3.8) is 0 Å². The van der Waals surface area contributed by atoms with Gasteiger partial charge in [0.15, 0.2) is 0 Å². The summed E-state index contributed by atoms with van der Waals surface area (Å²) in [6.45, 7) is 0.0857. The van der Waals surface area contributed by atoms with Crippen molar-refractivity contribution in [3.05, 3.63) is 17.1 Å². The Kier molecular flexibility index (Phi) is 1.93. The summed E-state index contributed by atoms with van der Waals surface area (Å²) in [7, 11) is 0. The number of nitrogens with zero attached hydrogens (tertiary/aromatic N) is 3. The van der Waals surface area contributed by atoms with Crippen molar-refractivity contribution in [2.24, 2.45) is 5.73 Å². The standard InChI is InChI=1S/C10H11N5O2/c11-3-5-13-7-6(8(12)14-5)9(16)15(10(7)17)4-1-2-4/h4H,1-3,11H2,(H2,12,13,14). The highest BCUT2D eigenvalue weighted by atomic mass is 16.2. The average Bonchev–Trinajstić information content (AvgIpc) is 3.08. The molecule has 1 saturated carbocycles. The minimum Gasteiger partial charge on any atom is -0.383 e. The molecule has 7 nitrogen and oxygen atoms in total. The minimum atomic E-state index is -0.381. The van der Waals surface area contributed by atoms with Gasteiger partial charge >= 0.3 is 0 Å². The van der Waals surface area contributed by atoms with Gasteiger partial charge in [-0.3, -0.25) is 14.5 Å². The first kappa shape index (κ1) is 10.2. The second-order valence-corrected chi connectivity index (χ2v) is 4.16. The fourth-order valence-corrected chi connectivity index (χ4v) is 1.97. The topological polar surface area (TPSA) is 115 Å². The molecule has 1 aliphatic heterocycles. The Balaban J connectivity index is 2.14. The number of nitrogen functional groups attached to an aromatic ring is 1. The van der Waals surface area contributed by atoms with Crippen molar-refractivity contribution in [2.45, 2.75) is 25.4 Å². The maximum absolute atomic E-state index is 12.0. The third-order valence-electron chi connectivity index (χ3n) is 2.93. The highest BCUT2D eigenvalue weighted by molar-refractivity contribution is 6.22. The second kappa shape index (κ2) is 3.24. The molecule has 4 N–H and O–H groups in total. The predicted molar refractivity (Wildman–Crippen MR) is 57.9 cm³/mol. The van der Waals surface area contributed by atoms with Crippen LogP contribution in [0.5, 0.6) is 0 Å². The van der Waals surface area contributed by atoms with Crippen LogP contribution in [0.1, 0.15) is 39.5 Å². The summed E-state index contributed by atoms with van der Waals surface area (Å²) in [4.78, 5) is 33.2. The third kappa shape index (κ3) is 1.32. The summed E-state index contributed by atoms with van der Waals surface area (Å²) < 4.78 is 0. The molecule has 3 rings (SSSR count). The molecule has 1 fully saturated rings. The monoisotopic (exact) mass is 233 g/mol. The number of nitrogens with two attached hydrogens (primary N) is 2. The quantitative estimate of drug-likeness (QED) is 0.651. The minimum absolute atomic E-state index is 0.00456. The molecule has 2 aliphatic rings. The molecule has 2 amide bonds. The van der Waals surface area contributed by atoms with Gasteiger partial charge in [0.2, 0.25) is 0 Å². The lowest BCUT2D eigenvalue weighted by Gasteiger charge is -2.10. The zero-order valence-corrected chi connectivity index (χ0v) is 9.01. The number of rotatable bonds is 2. The summed E-state index contributed by atoms with van der Waals surface area (Å²) in [5.41, 5.74) is 11.3. The summed E-state index contributed by atoms with van der Waals surface area (Å²) in [6.07, 6.45) is 1.70. The summed E-state index contributed by atoms with van der Waals surface area (Å²) in [6, 6.07) is 0.00456. The lowest BCUT2D eigenvalue weighted by molar-refractivity contribution is 0.0641. The van der Waals surface area contributed by atoms with E-state index in [1.165, 1.54) is 4.90 Å². The molecule has 0 atom stereocenters. The van der Waals surface area contributed by atoms with E-state index < -0.39 is 0 Å². The molecule has 7 heteroatoms. The number of carbonyl (C=O) groups excluding carboxylic acids is 2. The van der Waals surface area contributed by atoms with Gasteiger partial charge < -0.3 is 11.5 Å². The maximum Gasteiger partial charge on any atom is 0.280 e. The molecule has 88 valence electrons. The lowest BCUT2D eigenvalue weighted by Crippen LogP contribution is -2.32. The van der Waals surface area contributed by atoms with Crippen LogP contribution >= 0.6 is 0 Å². The smallest absolute Gasteiger partial charge is 0.280 e. The maximum atomic E-state index is 12.0. The van der Waals surface area contributed by atoms with Crippen LogP contribution in [-0.4, -0.2) is 32.7 Å². The Bertz CT molecular complexity index is 538. The first-order valence-electron chi connectivity index (χ1n) is 5.38. The van der Waals surface area contributed by atoms with Gasteiger partial charge in [-0.25, -0.2) is 9.97 Å². The first-order valence-corrected chi connectivity index (χ1v) is 5.38. The van der Waals surface area contributed by atoms with Crippen molar-refractivity contribution in [1.82, 2.24) is 14.9 Å². The Morgan fingerprint density at radius 1 is 1.24 bits per heavy atom. The van der Waals surface area contributed by atoms with E-state index in [0.29, 0.717) is 0 Å². The van der Waals surface area contributed by atoms with Crippen LogP contribution in [0, 0.1) is 0 Å². The van der Waals surface area contributed by atoms with Crippen LogP contribution < -0.4 is 11.5 Å². The van der Waals surface area contributed by atoms with E-state index in [-0.39, 0.29) is 47.3 Å². The Morgan fingerprint density at radius 3 is 2.53 bits per heavy atom. The molecule has 0 bridgehead atoms. The van der Waals surface area contributed by atoms with Crippen LogP contribution in [0.25, 0.3) is 0 Å². The molecule has 17 heavy (non-hydrogen) atoms. The van der Waals surface area contributed by atoms with Gasteiger partial charge in [-0.05, 0) is 12.8 Å². The van der Waals surface area contributed by atoms with E-state index in [9.17, 15) is 9.59 Å². The van der Waals surface area contributed by atoms with Crippen molar-refractivity contribution in [2.75, 3.05) is 5.73 Å². The number of amides is 2. The van der Waals surface area contributed by atoms with Gasteiger partial charge in [0, 0.05) is 6.04 Å². The molecule has 1 aromatic rings. The van der Waals surface area contributed by atoms with Crippen molar-refractivity contribution < 1.29 is 9.59 Å². The molecular weight excluding hydrogens is 222 g/mol. The molecule has 1 aromatic heterocycles. The second-order valence-electron chi connectivity index (χ2n) is 4.16. The van der Waals surface area contributed by atoms with Crippen molar-refractivity contribution >= 4 is 17.6 Å². The molecule has 1 aliphatic carbocycles. The van der Waals surface area contributed by atoms with Gasteiger partial charge in [0.1, 0.15) is 22.9 Å². The van der Waals surface area contributed by atoms with Gasteiger partial charge in [-0.2, -0.15) is 0 Å². The zero-order valence-electron chi connectivity index (χ0n) is 9.01. The van der Waals surface area contributed by atoms with Gasteiger partial charge in [-0.1, -0.05) is 0 Å². The third-order valence-corrected chi connectivity index (χ3v) is 2.93. The van der Waals surface area contributed by atoms with Crippen LogP contribution in [0.15, 0.2) is 0 Å². The number of hydrogen-bond donors (Lipinski definition) is 2. The average molecular weight is 233 g/mol. The van der Waals surface area contributed by atoms with Crippen LogP contribution in [0.3, 0.4) is 0 Å². The highest BCUT2D eigenvalue weighted by Gasteiger charge is 2.46.